The lowest BCUT2D eigenvalue weighted by Gasteiger charge is -2.12. The summed E-state index contributed by atoms with van der Waals surface area (Å²) >= 11 is 3.32. The molecule has 0 fully saturated rings. The first kappa shape index (κ1) is 18.3. The van der Waals surface area contributed by atoms with Gasteiger partial charge in [0.05, 0.1) is 31.8 Å². The first-order valence-corrected chi connectivity index (χ1v) is 9.19. The molecule has 0 aliphatic carbocycles. The smallest absolute Gasteiger partial charge is 0.200 e. The van der Waals surface area contributed by atoms with E-state index in [0.29, 0.717) is 46.1 Å². The van der Waals surface area contributed by atoms with Crippen LogP contribution in [0.3, 0.4) is 0 Å². The van der Waals surface area contributed by atoms with Crippen molar-refractivity contribution in [1.82, 2.24) is 0 Å². The van der Waals surface area contributed by atoms with E-state index < -0.39 is 0 Å². The predicted molar refractivity (Wildman–Crippen MR) is 105 cm³/mol. The summed E-state index contributed by atoms with van der Waals surface area (Å²) in [5, 5.41) is 1.23. The van der Waals surface area contributed by atoms with Gasteiger partial charge in [-0.05, 0) is 36.8 Å². The summed E-state index contributed by atoms with van der Waals surface area (Å²) in [5.41, 5.74) is 1.63. The van der Waals surface area contributed by atoms with Crippen LogP contribution in [-0.4, -0.2) is 26.2 Å². The number of halogens is 1. The molecule has 26 heavy (non-hydrogen) atoms. The van der Waals surface area contributed by atoms with Gasteiger partial charge in [-0.25, -0.2) is 0 Å². The van der Waals surface area contributed by atoms with Crippen LogP contribution in [-0.2, 0) is 0 Å². The highest BCUT2D eigenvalue weighted by atomic mass is 79.9. The van der Waals surface area contributed by atoms with E-state index in [9.17, 15) is 4.79 Å². The van der Waals surface area contributed by atoms with E-state index >= 15 is 0 Å². The van der Waals surface area contributed by atoms with Crippen LogP contribution in [0.4, 0.5) is 0 Å². The molecular weight excluding hydrogens is 400 g/mol. The maximum absolute atomic E-state index is 13.0. The Hall–Kier alpha value is -2.47. The van der Waals surface area contributed by atoms with Crippen molar-refractivity contribution in [1.29, 1.82) is 0 Å². The zero-order valence-electron chi connectivity index (χ0n) is 14.8. The van der Waals surface area contributed by atoms with Gasteiger partial charge in [-0.1, -0.05) is 22.0 Å². The van der Waals surface area contributed by atoms with Gasteiger partial charge in [-0.15, -0.1) is 0 Å². The molecule has 0 N–H and O–H groups in total. The molecule has 0 aliphatic heterocycles. The summed E-state index contributed by atoms with van der Waals surface area (Å²) in [7, 11) is 3.13. The largest absolute Gasteiger partial charge is 0.493 e. The van der Waals surface area contributed by atoms with Gasteiger partial charge in [-0.3, -0.25) is 4.79 Å². The van der Waals surface area contributed by atoms with E-state index in [0.717, 1.165) is 10.9 Å². The molecular formula is C20H19BrO5. The molecule has 0 saturated carbocycles. The molecule has 2 aromatic carbocycles. The number of ether oxygens (including phenoxy) is 3. The van der Waals surface area contributed by atoms with Crippen molar-refractivity contribution in [2.24, 2.45) is 0 Å². The van der Waals surface area contributed by atoms with E-state index in [1.165, 1.54) is 0 Å². The summed E-state index contributed by atoms with van der Waals surface area (Å²) in [6, 6.07) is 10.6. The molecule has 0 atom stereocenters. The van der Waals surface area contributed by atoms with Gasteiger partial charge in [0.2, 0.25) is 5.43 Å². The molecule has 3 aromatic rings. The molecule has 0 spiro atoms. The zero-order valence-corrected chi connectivity index (χ0v) is 16.4. The van der Waals surface area contributed by atoms with Gasteiger partial charge in [-0.2, -0.15) is 0 Å². The summed E-state index contributed by atoms with van der Waals surface area (Å²) in [4.78, 5) is 13.0. The van der Waals surface area contributed by atoms with Gasteiger partial charge in [0.15, 0.2) is 11.5 Å². The fourth-order valence-corrected chi connectivity index (χ4v) is 3.02. The van der Waals surface area contributed by atoms with Crippen LogP contribution in [0.2, 0.25) is 0 Å². The molecule has 0 bridgehead atoms. The third-order valence-corrected chi connectivity index (χ3v) is 4.38. The third kappa shape index (κ3) is 3.42. The summed E-state index contributed by atoms with van der Waals surface area (Å²) < 4.78 is 22.1. The normalized spacial score (nSPS) is 10.8. The van der Waals surface area contributed by atoms with Crippen LogP contribution in [0.5, 0.6) is 17.2 Å². The number of hydrogen-bond acceptors (Lipinski definition) is 5. The van der Waals surface area contributed by atoms with E-state index in [1.54, 1.807) is 51.5 Å². The van der Waals surface area contributed by atoms with Crippen LogP contribution >= 0.6 is 15.9 Å². The maximum Gasteiger partial charge on any atom is 0.200 e. The molecule has 136 valence electrons. The van der Waals surface area contributed by atoms with Crippen molar-refractivity contribution in [3.63, 3.8) is 0 Å². The minimum Gasteiger partial charge on any atom is -0.493 e. The lowest BCUT2D eigenvalue weighted by atomic mass is 10.0. The molecule has 6 heteroatoms. The Bertz CT molecular complexity index is 993. The van der Waals surface area contributed by atoms with Gasteiger partial charge in [0.1, 0.15) is 17.1 Å². The SMILES string of the molecule is COc1ccc(-c2c(C)oc3cc(OCCBr)ccc3c2=O)cc1OC. The first-order valence-electron chi connectivity index (χ1n) is 8.07. The second-order valence-electron chi connectivity index (χ2n) is 5.63. The predicted octanol–water partition coefficient (Wildman–Crippen LogP) is 4.56. The molecule has 0 aliphatic rings. The van der Waals surface area contributed by atoms with Crippen molar-refractivity contribution in [3.05, 3.63) is 52.4 Å². The number of fused-ring (bicyclic) bond motifs is 1. The molecule has 5 nitrogen and oxygen atoms in total. The van der Waals surface area contributed by atoms with Crippen LogP contribution in [0.1, 0.15) is 5.76 Å². The Morgan fingerprint density at radius 2 is 1.81 bits per heavy atom. The molecule has 0 saturated heterocycles. The molecule has 0 unspecified atom stereocenters. The number of hydrogen-bond donors (Lipinski definition) is 0. The van der Waals surface area contributed by atoms with Gasteiger partial charge in [0, 0.05) is 11.4 Å². The van der Waals surface area contributed by atoms with Crippen molar-refractivity contribution >= 4 is 26.9 Å². The van der Waals surface area contributed by atoms with E-state index in [2.05, 4.69) is 15.9 Å². The Kier molecular flexibility index (Phi) is 5.52. The second-order valence-corrected chi connectivity index (χ2v) is 6.42. The van der Waals surface area contributed by atoms with Crippen LogP contribution in [0, 0.1) is 6.92 Å². The van der Waals surface area contributed by atoms with Crippen molar-refractivity contribution < 1.29 is 18.6 Å². The average molecular weight is 419 g/mol. The number of methoxy groups -OCH3 is 2. The van der Waals surface area contributed by atoms with Gasteiger partial charge < -0.3 is 18.6 Å². The average Bonchev–Trinajstić information content (AvgIpc) is 2.65. The van der Waals surface area contributed by atoms with Crippen molar-refractivity contribution in [2.75, 3.05) is 26.2 Å². The Morgan fingerprint density at radius 3 is 2.50 bits per heavy atom. The molecule has 0 amide bonds. The number of benzene rings is 2. The van der Waals surface area contributed by atoms with Gasteiger partial charge >= 0.3 is 0 Å². The van der Waals surface area contributed by atoms with E-state index in [4.69, 9.17) is 18.6 Å². The van der Waals surface area contributed by atoms with Crippen LogP contribution in [0.25, 0.3) is 22.1 Å². The lowest BCUT2D eigenvalue weighted by molar-refractivity contribution is 0.345. The standard InChI is InChI=1S/C20H19BrO5/c1-12-19(13-4-7-16(23-2)18(10-13)24-3)20(22)15-6-5-14(25-9-8-21)11-17(15)26-12/h4-7,10-11H,8-9H2,1-3H3. The minimum absolute atomic E-state index is 0.0944. The molecule has 3 rings (SSSR count). The number of aryl methyl sites for hydroxylation is 1. The quantitative estimate of drug-likeness (QED) is 0.549. The summed E-state index contributed by atoms with van der Waals surface area (Å²) in [6.07, 6.45) is 0. The number of rotatable bonds is 6. The molecule has 1 heterocycles. The Morgan fingerprint density at radius 1 is 1.04 bits per heavy atom. The molecule has 0 radical (unpaired) electrons. The summed E-state index contributed by atoms with van der Waals surface area (Å²) in [5.74, 6) is 2.36. The Balaban J connectivity index is 2.14. The van der Waals surface area contributed by atoms with Crippen molar-refractivity contribution in [3.8, 4) is 28.4 Å². The van der Waals surface area contributed by atoms with Gasteiger partial charge in [0.25, 0.3) is 0 Å². The maximum atomic E-state index is 13.0. The highest BCUT2D eigenvalue weighted by molar-refractivity contribution is 9.09. The fraction of sp³-hybridized carbons (Fsp3) is 0.250. The van der Waals surface area contributed by atoms with E-state index in [1.807, 2.05) is 6.07 Å². The monoisotopic (exact) mass is 418 g/mol. The topological polar surface area (TPSA) is 57.9 Å². The zero-order chi connectivity index (χ0) is 18.7. The lowest BCUT2D eigenvalue weighted by Crippen LogP contribution is -2.08. The van der Waals surface area contributed by atoms with Crippen LogP contribution < -0.4 is 19.6 Å². The van der Waals surface area contributed by atoms with Crippen molar-refractivity contribution in [2.45, 2.75) is 6.92 Å². The van der Waals surface area contributed by atoms with Crippen LogP contribution in [0.15, 0.2) is 45.6 Å². The fourth-order valence-electron chi connectivity index (χ4n) is 2.86. The Labute approximate surface area is 159 Å². The second kappa shape index (κ2) is 7.83. The molecule has 1 aromatic heterocycles. The highest BCUT2D eigenvalue weighted by Gasteiger charge is 2.16. The third-order valence-electron chi connectivity index (χ3n) is 4.06. The first-order chi connectivity index (χ1) is 12.6. The highest BCUT2D eigenvalue weighted by Crippen LogP contribution is 2.33. The summed E-state index contributed by atoms with van der Waals surface area (Å²) in [6.45, 7) is 2.32. The van der Waals surface area contributed by atoms with E-state index in [-0.39, 0.29) is 5.43 Å². The number of alkyl halides is 1. The minimum atomic E-state index is -0.0944.